The Labute approximate surface area is 192 Å². The summed E-state index contributed by atoms with van der Waals surface area (Å²) in [5.41, 5.74) is 0.250. The zero-order valence-electron chi connectivity index (χ0n) is 19.8. The Morgan fingerprint density at radius 1 is 1.03 bits per heavy atom. The normalized spacial score (nSPS) is 18.8. The minimum Gasteiger partial charge on any atom is -0.493 e. The van der Waals surface area contributed by atoms with Gasteiger partial charge in [-0.1, -0.05) is 69.3 Å². The predicted molar refractivity (Wildman–Crippen MR) is 127 cm³/mol. The maximum Gasteiger partial charge on any atom is 0.227 e. The molecule has 1 unspecified atom stereocenters. The first-order valence-electron chi connectivity index (χ1n) is 11.4. The Morgan fingerprint density at radius 3 is 2.28 bits per heavy atom. The molecule has 0 spiro atoms. The number of ether oxygens (including phenoxy) is 1. The van der Waals surface area contributed by atoms with Gasteiger partial charge in [-0.25, -0.2) is 0 Å². The van der Waals surface area contributed by atoms with Crippen molar-refractivity contribution in [3.8, 4) is 5.75 Å². The number of benzene rings is 2. The number of nitrogens with zero attached hydrogens (tertiary/aromatic N) is 2. The van der Waals surface area contributed by atoms with Crippen LogP contribution in [0.4, 0.5) is 0 Å². The molecule has 2 aromatic rings. The van der Waals surface area contributed by atoms with Gasteiger partial charge in [0.15, 0.2) is 0 Å². The van der Waals surface area contributed by atoms with Gasteiger partial charge in [0.1, 0.15) is 5.75 Å². The van der Waals surface area contributed by atoms with Crippen LogP contribution in [0.2, 0.25) is 0 Å². The lowest BCUT2D eigenvalue weighted by atomic mass is 9.76. The summed E-state index contributed by atoms with van der Waals surface area (Å²) in [5, 5.41) is 0. The molecule has 0 aromatic heterocycles. The lowest BCUT2D eigenvalue weighted by Crippen LogP contribution is -2.53. The third kappa shape index (κ3) is 6.35. The summed E-state index contributed by atoms with van der Waals surface area (Å²) in [7, 11) is 1.85. The molecular formula is C27H36N2O3. The Balaban J connectivity index is 1.76. The third-order valence-corrected chi connectivity index (χ3v) is 6.09. The molecule has 32 heavy (non-hydrogen) atoms. The quantitative estimate of drug-likeness (QED) is 0.628. The number of para-hydroxylation sites is 1. The number of piperidine rings is 1. The van der Waals surface area contributed by atoms with E-state index in [9.17, 15) is 9.59 Å². The van der Waals surface area contributed by atoms with Crippen molar-refractivity contribution >= 4 is 11.8 Å². The van der Waals surface area contributed by atoms with Gasteiger partial charge in [-0.2, -0.15) is 0 Å². The van der Waals surface area contributed by atoms with E-state index in [-0.39, 0.29) is 11.8 Å². The second-order valence-electron chi connectivity index (χ2n) is 10.1. The molecule has 0 aliphatic carbocycles. The molecule has 1 aliphatic rings. The van der Waals surface area contributed by atoms with Crippen LogP contribution in [0.5, 0.6) is 5.75 Å². The molecule has 0 saturated carbocycles. The highest BCUT2D eigenvalue weighted by Gasteiger charge is 2.42. The van der Waals surface area contributed by atoms with Crippen molar-refractivity contribution in [1.82, 2.24) is 9.80 Å². The minimum absolute atomic E-state index is 0.0792. The molecule has 0 N–H and O–H groups in total. The Kier molecular flexibility index (Phi) is 7.60. The molecule has 1 fully saturated rings. The lowest BCUT2D eigenvalue weighted by molar-refractivity contribution is -0.146. The van der Waals surface area contributed by atoms with E-state index >= 15 is 0 Å². The molecule has 0 bridgehead atoms. The van der Waals surface area contributed by atoms with Crippen LogP contribution >= 0.6 is 0 Å². The Morgan fingerprint density at radius 2 is 1.66 bits per heavy atom. The molecule has 1 heterocycles. The third-order valence-electron chi connectivity index (χ3n) is 6.09. The fourth-order valence-electron chi connectivity index (χ4n) is 4.32. The fourth-order valence-corrected chi connectivity index (χ4v) is 4.32. The SMILES string of the molecule is CN(Cc1ccccc1)C(=O)CC1(COc2ccccc2)CCCN(C(=O)C(C)(C)C)C1. The van der Waals surface area contributed by atoms with Crippen LogP contribution in [0, 0.1) is 10.8 Å². The number of likely N-dealkylation sites (tertiary alicyclic amines) is 1. The second kappa shape index (κ2) is 10.2. The molecule has 1 atom stereocenters. The van der Waals surface area contributed by atoms with Gasteiger partial charge in [0.2, 0.25) is 11.8 Å². The Bertz CT molecular complexity index is 892. The van der Waals surface area contributed by atoms with Crippen LogP contribution in [0.1, 0.15) is 45.6 Å². The molecule has 1 aliphatic heterocycles. The maximum absolute atomic E-state index is 13.3. The summed E-state index contributed by atoms with van der Waals surface area (Å²) in [5.74, 6) is 0.998. The van der Waals surface area contributed by atoms with Crippen molar-refractivity contribution < 1.29 is 14.3 Å². The van der Waals surface area contributed by atoms with Crippen LogP contribution in [-0.4, -0.2) is 48.4 Å². The van der Waals surface area contributed by atoms with Crippen molar-refractivity contribution in [2.24, 2.45) is 10.8 Å². The zero-order valence-corrected chi connectivity index (χ0v) is 19.8. The van der Waals surface area contributed by atoms with Crippen LogP contribution in [0.15, 0.2) is 60.7 Å². The number of hydrogen-bond donors (Lipinski definition) is 0. The van der Waals surface area contributed by atoms with Gasteiger partial charge >= 0.3 is 0 Å². The maximum atomic E-state index is 13.3. The topological polar surface area (TPSA) is 49.9 Å². The summed E-state index contributed by atoms with van der Waals surface area (Å²) in [6.07, 6.45) is 2.09. The molecule has 172 valence electrons. The summed E-state index contributed by atoms with van der Waals surface area (Å²) in [4.78, 5) is 30.0. The molecular weight excluding hydrogens is 400 g/mol. The van der Waals surface area contributed by atoms with Gasteiger partial charge in [0, 0.05) is 43.9 Å². The highest BCUT2D eigenvalue weighted by molar-refractivity contribution is 5.82. The Hall–Kier alpha value is -2.82. The van der Waals surface area contributed by atoms with Gasteiger partial charge in [0.25, 0.3) is 0 Å². The van der Waals surface area contributed by atoms with Crippen LogP contribution in [0.3, 0.4) is 0 Å². The second-order valence-corrected chi connectivity index (χ2v) is 10.1. The summed E-state index contributed by atoms with van der Waals surface area (Å²) < 4.78 is 6.15. The van der Waals surface area contributed by atoms with E-state index in [1.54, 1.807) is 4.90 Å². The number of amides is 2. The largest absolute Gasteiger partial charge is 0.493 e. The van der Waals surface area contributed by atoms with Crippen molar-refractivity contribution in [2.45, 2.75) is 46.6 Å². The van der Waals surface area contributed by atoms with Gasteiger partial charge in [0.05, 0.1) is 6.61 Å². The van der Waals surface area contributed by atoms with Gasteiger partial charge < -0.3 is 14.5 Å². The van der Waals surface area contributed by atoms with Crippen molar-refractivity contribution in [1.29, 1.82) is 0 Å². The van der Waals surface area contributed by atoms with Gasteiger partial charge in [-0.05, 0) is 30.5 Å². The molecule has 2 amide bonds. The summed E-state index contributed by atoms with van der Waals surface area (Å²) in [6.45, 7) is 8.11. The van der Waals surface area contributed by atoms with E-state index in [1.807, 2.05) is 93.4 Å². The van der Waals surface area contributed by atoms with Crippen LogP contribution in [0.25, 0.3) is 0 Å². The molecule has 2 aromatic carbocycles. The highest BCUT2D eigenvalue weighted by atomic mass is 16.5. The van der Waals surface area contributed by atoms with E-state index in [4.69, 9.17) is 4.74 Å². The zero-order chi connectivity index (χ0) is 23.2. The molecule has 0 radical (unpaired) electrons. The van der Waals surface area contributed by atoms with Gasteiger partial charge in [-0.15, -0.1) is 0 Å². The standard InChI is InChI=1S/C27H36N2O3/c1-26(2,3)25(31)29-17-11-16-27(20-29,21-32-23-14-9-6-10-15-23)18-24(30)28(4)19-22-12-7-5-8-13-22/h5-10,12-15H,11,16-21H2,1-4H3. The monoisotopic (exact) mass is 436 g/mol. The first kappa shape index (κ1) is 23.8. The van der Waals surface area contributed by atoms with Crippen LogP contribution < -0.4 is 4.74 Å². The minimum atomic E-state index is -0.447. The number of rotatable bonds is 7. The van der Waals surface area contributed by atoms with Crippen molar-refractivity contribution in [3.05, 3.63) is 66.2 Å². The average molecular weight is 437 g/mol. The van der Waals surface area contributed by atoms with E-state index in [2.05, 4.69) is 0 Å². The average Bonchev–Trinajstić information content (AvgIpc) is 2.78. The predicted octanol–water partition coefficient (Wildman–Crippen LogP) is 4.77. The summed E-state index contributed by atoms with van der Waals surface area (Å²) >= 11 is 0. The van der Waals surface area contributed by atoms with E-state index in [0.717, 1.165) is 30.7 Å². The molecule has 1 saturated heterocycles. The smallest absolute Gasteiger partial charge is 0.227 e. The number of hydrogen-bond acceptors (Lipinski definition) is 3. The first-order chi connectivity index (χ1) is 15.2. The van der Waals surface area contributed by atoms with Crippen LogP contribution in [-0.2, 0) is 16.1 Å². The first-order valence-corrected chi connectivity index (χ1v) is 11.4. The fraction of sp³-hybridized carbons (Fsp3) is 0.481. The molecule has 5 nitrogen and oxygen atoms in total. The van der Waals surface area contributed by atoms with Crippen molar-refractivity contribution in [2.75, 3.05) is 26.7 Å². The highest BCUT2D eigenvalue weighted by Crippen LogP contribution is 2.36. The lowest BCUT2D eigenvalue weighted by Gasteiger charge is -2.44. The summed E-state index contributed by atoms with van der Waals surface area (Å²) in [6, 6.07) is 19.7. The van der Waals surface area contributed by atoms with E-state index in [0.29, 0.717) is 26.1 Å². The van der Waals surface area contributed by atoms with Crippen molar-refractivity contribution in [3.63, 3.8) is 0 Å². The molecule has 3 rings (SSSR count). The van der Waals surface area contributed by atoms with E-state index in [1.165, 1.54) is 0 Å². The van der Waals surface area contributed by atoms with E-state index < -0.39 is 10.8 Å². The number of carbonyl (C=O) groups excluding carboxylic acids is 2. The number of carbonyl (C=O) groups is 2. The molecule has 5 heteroatoms. The van der Waals surface area contributed by atoms with Gasteiger partial charge in [-0.3, -0.25) is 9.59 Å².